The number of amides is 3. The largest absolute Gasteiger partial charge is 0.471 e. The van der Waals surface area contributed by atoms with Gasteiger partial charge in [0, 0.05) is 30.2 Å². The van der Waals surface area contributed by atoms with Gasteiger partial charge in [0.25, 0.3) is 5.56 Å². The molecule has 3 amide bonds. The van der Waals surface area contributed by atoms with Gasteiger partial charge < -0.3 is 26.7 Å². The van der Waals surface area contributed by atoms with Crippen LogP contribution in [0.15, 0.2) is 29.3 Å². The normalized spacial score (nSPS) is 26.7. The minimum absolute atomic E-state index is 0.213. The van der Waals surface area contributed by atoms with Crippen LogP contribution < -0.4 is 22.3 Å². The monoisotopic (exact) mass is 578 g/mol. The molecular formula is C27H33F3N6O5. The van der Waals surface area contributed by atoms with E-state index >= 15 is 0 Å². The molecule has 0 radical (unpaired) electrons. The van der Waals surface area contributed by atoms with Crippen LogP contribution in [0.25, 0.3) is 10.9 Å². The molecule has 1 saturated heterocycles. The molecule has 2 aromatic heterocycles. The number of nitrogens with zero attached hydrogens (tertiary/aromatic N) is 2. The molecule has 222 valence electrons. The minimum Gasteiger partial charge on any atom is -0.368 e. The summed E-state index contributed by atoms with van der Waals surface area (Å²) in [5, 5.41) is 2.17. The molecule has 0 bridgehead atoms. The summed E-state index contributed by atoms with van der Waals surface area (Å²) in [5.74, 6) is -7.49. The number of alkyl halides is 3. The molecule has 0 aromatic carbocycles. The van der Waals surface area contributed by atoms with Crippen LogP contribution in [0.5, 0.6) is 0 Å². The minimum atomic E-state index is -5.29. The number of fused-ring (bicyclic) bond motifs is 2. The molecule has 2 aliphatic rings. The van der Waals surface area contributed by atoms with Crippen molar-refractivity contribution < 1.29 is 32.3 Å². The number of carbonyl (C=O) groups is 4. The highest BCUT2D eigenvalue weighted by Crippen LogP contribution is 2.72. The Balaban J connectivity index is 1.88. The van der Waals surface area contributed by atoms with Gasteiger partial charge in [-0.05, 0) is 23.0 Å². The lowest BCUT2D eigenvalue weighted by atomic mass is 9.69. The Labute approximate surface area is 233 Å². The lowest BCUT2D eigenvalue weighted by molar-refractivity contribution is -0.176. The van der Waals surface area contributed by atoms with Crippen LogP contribution in [0.4, 0.5) is 13.2 Å². The number of pyridine rings is 2. The number of aromatic amines is 1. The van der Waals surface area contributed by atoms with Crippen molar-refractivity contribution in [1.29, 1.82) is 0 Å². The van der Waals surface area contributed by atoms with Gasteiger partial charge in [0.1, 0.15) is 11.6 Å². The van der Waals surface area contributed by atoms with Crippen LogP contribution in [0.2, 0.25) is 0 Å². The van der Waals surface area contributed by atoms with Gasteiger partial charge >= 0.3 is 12.1 Å². The van der Waals surface area contributed by atoms with E-state index in [0.29, 0.717) is 10.9 Å². The second-order valence-corrected chi connectivity index (χ2v) is 12.6. The van der Waals surface area contributed by atoms with E-state index in [4.69, 9.17) is 11.5 Å². The molecule has 1 saturated carbocycles. The summed E-state index contributed by atoms with van der Waals surface area (Å²) < 4.78 is 39.6. The van der Waals surface area contributed by atoms with Crippen molar-refractivity contribution in [3.63, 3.8) is 0 Å². The molecular weight excluding hydrogens is 545 g/mol. The van der Waals surface area contributed by atoms with Crippen LogP contribution >= 0.6 is 0 Å². The van der Waals surface area contributed by atoms with E-state index in [1.54, 1.807) is 19.2 Å². The summed E-state index contributed by atoms with van der Waals surface area (Å²) in [6.45, 7) is 8.88. The third kappa shape index (κ3) is 4.13. The van der Waals surface area contributed by atoms with Gasteiger partial charge in [-0.1, -0.05) is 41.5 Å². The number of halogens is 3. The highest BCUT2D eigenvalue weighted by atomic mass is 19.4. The van der Waals surface area contributed by atoms with Crippen molar-refractivity contribution in [3.8, 4) is 0 Å². The second kappa shape index (κ2) is 9.10. The van der Waals surface area contributed by atoms with E-state index < -0.39 is 75.0 Å². The molecule has 6 N–H and O–H groups in total. The first kappa shape index (κ1) is 30.2. The SMILES string of the molecule is CC(C(=O)c1cc2cnccc2[nH]c1=O)C1(C(N)=O)N(C(=O)[C@@H](NC(=O)C(F)(F)F)C(C)(C)C)CC2C(C)(C)[C@]21N. The smallest absolute Gasteiger partial charge is 0.368 e. The van der Waals surface area contributed by atoms with Gasteiger partial charge in [-0.2, -0.15) is 13.2 Å². The fraction of sp³-hybridized carbons (Fsp3) is 0.556. The van der Waals surface area contributed by atoms with Crippen LogP contribution in [0, 0.1) is 22.7 Å². The van der Waals surface area contributed by atoms with Crippen molar-refractivity contribution in [2.24, 2.45) is 34.1 Å². The van der Waals surface area contributed by atoms with E-state index in [2.05, 4.69) is 9.97 Å². The number of rotatable bonds is 6. The van der Waals surface area contributed by atoms with E-state index in [9.17, 15) is 37.1 Å². The van der Waals surface area contributed by atoms with Gasteiger partial charge in [0.2, 0.25) is 11.8 Å². The number of likely N-dealkylation sites (tertiary alicyclic amines) is 1. The summed E-state index contributed by atoms with van der Waals surface area (Å²) in [6.07, 6.45) is -2.42. The summed E-state index contributed by atoms with van der Waals surface area (Å²) in [4.78, 5) is 74.0. The summed E-state index contributed by atoms with van der Waals surface area (Å²) in [5.41, 5.74) is 6.23. The lowest BCUT2D eigenvalue weighted by Gasteiger charge is -2.49. The highest BCUT2D eigenvalue weighted by Gasteiger charge is 2.87. The Morgan fingerprint density at radius 2 is 1.80 bits per heavy atom. The third-order valence-corrected chi connectivity index (χ3v) is 9.04. The number of piperidine rings is 1. The first-order chi connectivity index (χ1) is 18.6. The average Bonchev–Trinajstić information content (AvgIpc) is 3.13. The number of carbonyl (C=O) groups excluding carboxylic acids is 4. The van der Waals surface area contributed by atoms with Gasteiger partial charge in [0.05, 0.1) is 22.5 Å². The Morgan fingerprint density at radius 3 is 2.34 bits per heavy atom. The number of hydrogen-bond donors (Lipinski definition) is 4. The van der Waals surface area contributed by atoms with Crippen LogP contribution in [0.3, 0.4) is 0 Å². The van der Waals surface area contributed by atoms with Gasteiger partial charge in [-0.3, -0.25) is 29.0 Å². The van der Waals surface area contributed by atoms with E-state index in [1.165, 1.54) is 52.2 Å². The topological polar surface area (TPSA) is 181 Å². The fourth-order valence-electron chi connectivity index (χ4n) is 6.66. The van der Waals surface area contributed by atoms with E-state index in [-0.39, 0.29) is 12.1 Å². The number of primary amides is 1. The number of nitrogens with one attached hydrogen (secondary N) is 2. The zero-order valence-electron chi connectivity index (χ0n) is 23.5. The molecule has 1 aliphatic carbocycles. The molecule has 0 spiro atoms. The number of Topliss-reactive ketones (excluding diaryl/α,β-unsaturated/α-hetero) is 1. The number of nitrogens with two attached hydrogens (primary N) is 2. The second-order valence-electron chi connectivity index (χ2n) is 12.6. The maximum absolute atomic E-state index is 14.1. The van der Waals surface area contributed by atoms with Gasteiger partial charge in [0.15, 0.2) is 5.78 Å². The quantitative estimate of drug-likeness (QED) is 0.372. The number of ketones is 1. The number of hydrogen-bond acceptors (Lipinski definition) is 7. The predicted molar refractivity (Wildman–Crippen MR) is 141 cm³/mol. The predicted octanol–water partition coefficient (Wildman–Crippen LogP) is 1.25. The first-order valence-electron chi connectivity index (χ1n) is 12.9. The molecule has 11 nitrogen and oxygen atoms in total. The average molecular weight is 579 g/mol. The fourth-order valence-corrected chi connectivity index (χ4v) is 6.66. The molecule has 41 heavy (non-hydrogen) atoms. The molecule has 3 unspecified atom stereocenters. The molecule has 2 aromatic rings. The Bertz CT molecular complexity index is 1530. The van der Waals surface area contributed by atoms with Crippen molar-refractivity contribution in [2.75, 3.05) is 6.54 Å². The van der Waals surface area contributed by atoms with E-state index in [0.717, 1.165) is 4.90 Å². The van der Waals surface area contributed by atoms with Crippen molar-refractivity contribution >= 4 is 34.4 Å². The van der Waals surface area contributed by atoms with Crippen molar-refractivity contribution in [3.05, 3.63) is 40.4 Å². The molecule has 1 aliphatic heterocycles. The molecule has 4 rings (SSSR count). The highest BCUT2D eigenvalue weighted by molar-refractivity contribution is 6.07. The van der Waals surface area contributed by atoms with E-state index in [1.807, 2.05) is 0 Å². The maximum Gasteiger partial charge on any atom is 0.471 e. The van der Waals surface area contributed by atoms with Crippen LogP contribution in [0.1, 0.15) is 51.9 Å². The van der Waals surface area contributed by atoms with Gasteiger partial charge in [-0.15, -0.1) is 0 Å². The maximum atomic E-state index is 14.1. The van der Waals surface area contributed by atoms with Crippen molar-refractivity contribution in [1.82, 2.24) is 20.2 Å². The lowest BCUT2D eigenvalue weighted by Crippen LogP contribution is -2.75. The number of aromatic nitrogens is 2. The Morgan fingerprint density at radius 1 is 1.20 bits per heavy atom. The Hall–Kier alpha value is -3.81. The molecule has 5 atom stereocenters. The van der Waals surface area contributed by atoms with Crippen LogP contribution in [-0.2, 0) is 14.4 Å². The number of H-pyrrole nitrogens is 1. The summed E-state index contributed by atoms with van der Waals surface area (Å²) in [6, 6.07) is 1.07. The zero-order valence-corrected chi connectivity index (χ0v) is 23.5. The standard InChI is InChI=1S/C27H33F3N6O5/c1-12(17(37)14-9-13-10-33-8-7-15(13)34-19(14)38)25(21(31)40)26(32)16(24(26,5)6)11-36(25)20(39)18(23(2,3)4)35-22(41)27(28,29)30/h7-10,12,16,18H,11,32H2,1-6H3,(H2,31,40)(H,34,38)(H,35,41)/t12?,16?,18-,25?,26-/m1/s1. The Kier molecular flexibility index (Phi) is 6.69. The summed E-state index contributed by atoms with van der Waals surface area (Å²) in [7, 11) is 0. The van der Waals surface area contributed by atoms with Gasteiger partial charge in [-0.25, -0.2) is 0 Å². The molecule has 14 heteroatoms. The summed E-state index contributed by atoms with van der Waals surface area (Å²) >= 11 is 0. The third-order valence-electron chi connectivity index (χ3n) is 9.04. The zero-order chi connectivity index (χ0) is 31.1. The molecule has 2 fully saturated rings. The van der Waals surface area contributed by atoms with Crippen LogP contribution in [-0.4, -0.2) is 68.2 Å². The van der Waals surface area contributed by atoms with Crippen molar-refractivity contribution in [2.45, 2.75) is 64.8 Å². The first-order valence-corrected chi connectivity index (χ1v) is 12.9. The molecule has 3 heterocycles.